The second kappa shape index (κ2) is 8.15. The summed E-state index contributed by atoms with van der Waals surface area (Å²) in [6.45, 7) is 0. The van der Waals surface area contributed by atoms with E-state index >= 15 is 0 Å². The van der Waals surface area contributed by atoms with Crippen molar-refractivity contribution in [2.75, 3.05) is 6.26 Å². The summed E-state index contributed by atoms with van der Waals surface area (Å²) in [5.74, 6) is -1.01. The van der Waals surface area contributed by atoms with Crippen molar-refractivity contribution in [3.8, 4) is 27.8 Å². The van der Waals surface area contributed by atoms with Gasteiger partial charge in [-0.15, -0.1) is 0 Å². The number of carbonyl (C=O) groups is 1. The molecule has 0 unspecified atom stereocenters. The quantitative estimate of drug-likeness (QED) is 0.395. The molecule has 0 spiro atoms. The third-order valence-corrected chi connectivity index (χ3v) is 7.20. The Labute approximate surface area is 194 Å². The number of benzene rings is 2. The van der Waals surface area contributed by atoms with E-state index in [1.54, 1.807) is 36.4 Å². The summed E-state index contributed by atoms with van der Waals surface area (Å²) in [5, 5.41) is 14.5. The Kier molecular flexibility index (Phi) is 5.69. The second-order valence-corrected chi connectivity index (χ2v) is 10.4. The molecule has 158 valence electrons. The fourth-order valence-corrected chi connectivity index (χ4v) is 4.96. The molecule has 4 rings (SSSR count). The van der Waals surface area contributed by atoms with Crippen molar-refractivity contribution in [3.63, 3.8) is 0 Å². The third kappa shape index (κ3) is 4.13. The number of halogens is 2. The number of carboxylic acid groups (broad SMARTS) is 1. The zero-order chi connectivity index (χ0) is 22.3. The lowest BCUT2D eigenvalue weighted by Crippen LogP contribution is -2.03. The summed E-state index contributed by atoms with van der Waals surface area (Å²) < 4.78 is 29.7. The Balaban J connectivity index is 1.88. The van der Waals surface area contributed by atoms with Gasteiger partial charge in [0.2, 0.25) is 0 Å². The van der Waals surface area contributed by atoms with Crippen LogP contribution in [0.5, 0.6) is 0 Å². The normalized spacial score (nSPS) is 11.6. The monoisotopic (exact) mass is 538 g/mol. The van der Waals surface area contributed by atoms with Crippen molar-refractivity contribution < 1.29 is 18.3 Å². The Bertz CT molecular complexity index is 1430. The molecule has 0 saturated carbocycles. The van der Waals surface area contributed by atoms with Gasteiger partial charge in [0.25, 0.3) is 0 Å². The minimum atomic E-state index is -3.38. The molecule has 31 heavy (non-hydrogen) atoms. The number of hydrogen-bond donors (Lipinski definition) is 1. The van der Waals surface area contributed by atoms with E-state index in [0.29, 0.717) is 27.0 Å². The van der Waals surface area contributed by atoms with E-state index in [2.05, 4.69) is 30.4 Å². The standard InChI is InChI=1S/C19H12BrClN4O4S2/c1-31(28,29)11-6-4-5-10(9-11)18-22-17(24-30-18)16-14(20)15(19(26)27)23-25(16)13-8-3-2-7-12(13)21/h2-9H,1H3,(H,26,27). The number of rotatable bonds is 5. The highest BCUT2D eigenvalue weighted by atomic mass is 79.9. The van der Waals surface area contributed by atoms with Crippen LogP contribution in [0.15, 0.2) is 57.9 Å². The van der Waals surface area contributed by atoms with Crippen LogP contribution in [0, 0.1) is 0 Å². The van der Waals surface area contributed by atoms with Gasteiger partial charge >= 0.3 is 5.97 Å². The topological polar surface area (TPSA) is 115 Å². The summed E-state index contributed by atoms with van der Waals surface area (Å²) in [6.07, 6.45) is 1.13. The fraction of sp³-hybridized carbons (Fsp3) is 0.0526. The lowest BCUT2D eigenvalue weighted by molar-refractivity contribution is 0.0689. The number of para-hydroxylation sites is 1. The number of aromatic carboxylic acids is 1. The molecule has 8 nitrogen and oxygen atoms in total. The van der Waals surface area contributed by atoms with Crippen molar-refractivity contribution in [3.05, 3.63) is 63.7 Å². The second-order valence-electron chi connectivity index (χ2n) is 6.40. The zero-order valence-electron chi connectivity index (χ0n) is 15.7. The Hall–Kier alpha value is -2.60. The first kappa shape index (κ1) is 21.6. The Morgan fingerprint density at radius 1 is 1.19 bits per heavy atom. The van der Waals surface area contributed by atoms with E-state index in [4.69, 9.17) is 11.6 Å². The van der Waals surface area contributed by atoms with Gasteiger partial charge in [-0.2, -0.15) is 9.47 Å². The minimum absolute atomic E-state index is 0.164. The molecule has 0 aliphatic heterocycles. The summed E-state index contributed by atoms with van der Waals surface area (Å²) in [4.78, 5) is 16.3. The van der Waals surface area contributed by atoms with Crippen LogP contribution in [0.2, 0.25) is 5.02 Å². The van der Waals surface area contributed by atoms with Gasteiger partial charge in [0.05, 0.1) is 20.1 Å². The van der Waals surface area contributed by atoms with E-state index in [9.17, 15) is 18.3 Å². The molecule has 1 N–H and O–H groups in total. The first-order chi connectivity index (χ1) is 14.7. The molecule has 0 aliphatic carbocycles. The maximum atomic E-state index is 11.9. The molecule has 12 heteroatoms. The molecule has 0 fully saturated rings. The predicted octanol–water partition coefficient (Wildman–Crippen LogP) is 4.58. The third-order valence-electron chi connectivity index (χ3n) is 4.26. The van der Waals surface area contributed by atoms with Crippen LogP contribution in [-0.4, -0.2) is 44.9 Å². The van der Waals surface area contributed by atoms with E-state index < -0.39 is 15.8 Å². The van der Waals surface area contributed by atoms with Crippen LogP contribution in [0.25, 0.3) is 27.8 Å². The number of carboxylic acids is 1. The van der Waals surface area contributed by atoms with Crippen LogP contribution in [0.3, 0.4) is 0 Å². The average molecular weight is 540 g/mol. The van der Waals surface area contributed by atoms with Gasteiger partial charge in [0, 0.05) is 11.8 Å². The first-order valence-electron chi connectivity index (χ1n) is 8.58. The van der Waals surface area contributed by atoms with Crippen molar-refractivity contribution in [2.24, 2.45) is 0 Å². The highest BCUT2D eigenvalue weighted by molar-refractivity contribution is 9.10. The SMILES string of the molecule is CS(=O)(=O)c1cccc(-c2nc(-c3c(Br)c(C(=O)O)nn3-c3ccccc3Cl)ns2)c1. The first-order valence-corrected chi connectivity index (χ1v) is 12.4. The van der Waals surface area contributed by atoms with Gasteiger partial charge in [-0.25, -0.2) is 22.9 Å². The van der Waals surface area contributed by atoms with Crippen LogP contribution in [0.4, 0.5) is 0 Å². The molecular formula is C19H12BrClN4O4S2. The molecule has 0 saturated heterocycles. The number of hydrogen-bond acceptors (Lipinski definition) is 7. The van der Waals surface area contributed by atoms with E-state index in [-0.39, 0.29) is 20.9 Å². The van der Waals surface area contributed by atoms with Crippen molar-refractivity contribution in [2.45, 2.75) is 4.90 Å². The molecule has 0 bridgehead atoms. The summed E-state index contributed by atoms with van der Waals surface area (Å²) >= 11 is 10.7. The van der Waals surface area contributed by atoms with Crippen molar-refractivity contribution in [1.29, 1.82) is 0 Å². The van der Waals surface area contributed by atoms with Gasteiger partial charge in [-0.1, -0.05) is 35.9 Å². The van der Waals surface area contributed by atoms with Crippen molar-refractivity contribution >= 4 is 54.9 Å². The smallest absolute Gasteiger partial charge is 0.357 e. The van der Waals surface area contributed by atoms with Crippen molar-refractivity contribution in [1.82, 2.24) is 19.1 Å². The maximum Gasteiger partial charge on any atom is 0.357 e. The lowest BCUT2D eigenvalue weighted by atomic mass is 10.2. The molecule has 2 heterocycles. The molecular weight excluding hydrogens is 528 g/mol. The average Bonchev–Trinajstić information content (AvgIpc) is 3.32. The molecule has 0 aliphatic rings. The van der Waals surface area contributed by atoms with Crippen LogP contribution in [0.1, 0.15) is 10.5 Å². The molecule has 0 radical (unpaired) electrons. The number of sulfone groups is 1. The highest BCUT2D eigenvalue weighted by Crippen LogP contribution is 2.36. The molecule has 0 atom stereocenters. The van der Waals surface area contributed by atoms with E-state index in [1.165, 1.54) is 16.8 Å². The summed E-state index contributed by atoms with van der Waals surface area (Å²) in [7, 11) is -3.38. The fourth-order valence-electron chi connectivity index (χ4n) is 2.82. The van der Waals surface area contributed by atoms with Crippen LogP contribution in [-0.2, 0) is 9.84 Å². The summed E-state index contributed by atoms with van der Waals surface area (Å²) in [5.41, 5.74) is 1.13. The highest BCUT2D eigenvalue weighted by Gasteiger charge is 2.26. The van der Waals surface area contributed by atoms with Gasteiger partial charge < -0.3 is 5.11 Å². The Morgan fingerprint density at radius 2 is 1.94 bits per heavy atom. The van der Waals surface area contributed by atoms with Gasteiger partial charge in [0.1, 0.15) is 10.7 Å². The zero-order valence-corrected chi connectivity index (χ0v) is 19.6. The van der Waals surface area contributed by atoms with Gasteiger partial charge in [-0.3, -0.25) is 0 Å². The van der Waals surface area contributed by atoms with E-state index in [1.807, 2.05) is 0 Å². The largest absolute Gasteiger partial charge is 0.476 e. The van der Waals surface area contributed by atoms with E-state index in [0.717, 1.165) is 17.8 Å². The van der Waals surface area contributed by atoms with Crippen LogP contribution < -0.4 is 0 Å². The van der Waals surface area contributed by atoms with Crippen LogP contribution >= 0.6 is 39.1 Å². The maximum absolute atomic E-state index is 11.9. The Morgan fingerprint density at radius 3 is 2.61 bits per heavy atom. The summed E-state index contributed by atoms with van der Waals surface area (Å²) in [6, 6.07) is 13.2. The lowest BCUT2D eigenvalue weighted by Gasteiger charge is -2.07. The predicted molar refractivity (Wildman–Crippen MR) is 121 cm³/mol. The van der Waals surface area contributed by atoms with Gasteiger partial charge in [-0.05, 0) is 51.7 Å². The molecule has 0 amide bonds. The molecule has 2 aromatic carbocycles. The van der Waals surface area contributed by atoms with Gasteiger partial charge in [0.15, 0.2) is 21.4 Å². The number of nitrogens with zero attached hydrogens (tertiary/aromatic N) is 4. The number of aromatic nitrogens is 4. The minimum Gasteiger partial charge on any atom is -0.476 e. The molecule has 4 aromatic rings. The molecule has 2 aromatic heterocycles.